The van der Waals surface area contributed by atoms with Crippen LogP contribution in [0.1, 0.15) is 23.6 Å². The van der Waals surface area contributed by atoms with E-state index in [1.807, 2.05) is 72.8 Å². The zero-order chi connectivity index (χ0) is 28.1. The SMILES string of the molecule is COC1(C)OC2O[C@H](COCc3ccc(Cl)cc3)[C@@H](OCc3ccc(Cl)cc3)[C@H](OCc3ccc(Cl)cc3)[C@@H]2O1. The molecule has 3 aromatic rings. The van der Waals surface area contributed by atoms with Crippen molar-refractivity contribution < 1.29 is 33.2 Å². The lowest BCUT2D eigenvalue weighted by Crippen LogP contribution is -2.59. The van der Waals surface area contributed by atoms with E-state index in [0.717, 1.165) is 16.7 Å². The van der Waals surface area contributed by atoms with E-state index in [1.54, 1.807) is 6.92 Å². The zero-order valence-corrected chi connectivity index (χ0v) is 24.4. The van der Waals surface area contributed by atoms with Crippen molar-refractivity contribution in [3.8, 4) is 0 Å². The van der Waals surface area contributed by atoms with Crippen LogP contribution < -0.4 is 0 Å². The van der Waals surface area contributed by atoms with Crippen molar-refractivity contribution in [1.82, 2.24) is 0 Å². The van der Waals surface area contributed by atoms with Crippen LogP contribution in [0.3, 0.4) is 0 Å². The quantitative estimate of drug-likeness (QED) is 0.237. The van der Waals surface area contributed by atoms with E-state index in [2.05, 4.69) is 0 Å². The van der Waals surface area contributed by atoms with Gasteiger partial charge in [0.25, 0.3) is 5.97 Å². The van der Waals surface area contributed by atoms with Crippen molar-refractivity contribution in [1.29, 1.82) is 0 Å². The van der Waals surface area contributed by atoms with Gasteiger partial charge in [0.15, 0.2) is 6.29 Å². The second-order valence-electron chi connectivity index (χ2n) is 9.76. The molecule has 0 amide bonds. The molecular formula is C30H31Cl3O7. The predicted octanol–water partition coefficient (Wildman–Crippen LogP) is 6.79. The van der Waals surface area contributed by atoms with Crippen LogP contribution >= 0.6 is 34.8 Å². The van der Waals surface area contributed by atoms with E-state index in [1.165, 1.54) is 7.11 Å². The normalized spacial score (nSPS) is 28.0. The number of halogens is 3. The van der Waals surface area contributed by atoms with Gasteiger partial charge in [-0.25, -0.2) is 0 Å². The van der Waals surface area contributed by atoms with Crippen molar-refractivity contribution in [3.63, 3.8) is 0 Å². The third kappa shape index (κ3) is 7.55. The Morgan fingerprint density at radius 1 is 0.675 bits per heavy atom. The van der Waals surface area contributed by atoms with E-state index in [4.69, 9.17) is 68.0 Å². The minimum atomic E-state index is -1.29. The standard InChI is InChI=1S/C30H31Cl3O7/c1-30(34-2)39-28-27(37-17-21-7-13-24(33)14-8-21)26(36-16-20-5-11-23(32)12-6-20)25(38-29(28)40-30)18-35-15-19-3-9-22(31)10-4-19/h3-14,25-29H,15-18H2,1-2H3/t25-,26-,27+,28+,29?,30?/m1/s1. The first-order chi connectivity index (χ1) is 19.3. The third-order valence-corrected chi connectivity index (χ3v) is 7.57. The molecule has 0 spiro atoms. The van der Waals surface area contributed by atoms with Crippen LogP contribution in [0, 0.1) is 0 Å². The first-order valence-electron chi connectivity index (χ1n) is 12.9. The third-order valence-electron chi connectivity index (χ3n) is 6.82. The van der Waals surface area contributed by atoms with Crippen molar-refractivity contribution in [2.45, 2.75) is 63.4 Å². The molecule has 10 heteroatoms. The highest BCUT2D eigenvalue weighted by molar-refractivity contribution is 6.31. The molecule has 2 aliphatic rings. The maximum absolute atomic E-state index is 6.49. The van der Waals surface area contributed by atoms with Gasteiger partial charge in [-0.3, -0.25) is 4.74 Å². The molecule has 0 N–H and O–H groups in total. The number of hydrogen-bond donors (Lipinski definition) is 0. The maximum atomic E-state index is 6.49. The summed E-state index contributed by atoms with van der Waals surface area (Å²) in [6.45, 7) is 2.90. The minimum Gasteiger partial charge on any atom is -0.374 e. The van der Waals surface area contributed by atoms with Crippen LogP contribution in [0.2, 0.25) is 15.1 Å². The van der Waals surface area contributed by atoms with E-state index in [0.29, 0.717) is 34.9 Å². The number of methoxy groups -OCH3 is 1. The monoisotopic (exact) mass is 608 g/mol. The summed E-state index contributed by atoms with van der Waals surface area (Å²) in [5.41, 5.74) is 2.89. The Balaban J connectivity index is 1.37. The van der Waals surface area contributed by atoms with Gasteiger partial charge in [0.05, 0.1) is 26.4 Å². The molecule has 40 heavy (non-hydrogen) atoms. The van der Waals surface area contributed by atoms with Gasteiger partial charge in [-0.15, -0.1) is 0 Å². The molecule has 2 saturated heterocycles. The lowest BCUT2D eigenvalue weighted by molar-refractivity contribution is -0.334. The Bertz CT molecular complexity index is 1230. The van der Waals surface area contributed by atoms with E-state index < -0.39 is 36.7 Å². The van der Waals surface area contributed by atoms with E-state index >= 15 is 0 Å². The van der Waals surface area contributed by atoms with Crippen molar-refractivity contribution in [3.05, 3.63) is 105 Å². The molecule has 2 unspecified atom stereocenters. The van der Waals surface area contributed by atoms with Gasteiger partial charge >= 0.3 is 0 Å². The Morgan fingerprint density at radius 3 is 1.65 bits per heavy atom. The molecule has 0 aliphatic carbocycles. The summed E-state index contributed by atoms with van der Waals surface area (Å²) in [5, 5.41) is 1.97. The Labute approximate surface area is 249 Å². The number of hydrogen-bond acceptors (Lipinski definition) is 7. The molecule has 2 heterocycles. The fourth-order valence-electron chi connectivity index (χ4n) is 4.63. The predicted molar refractivity (Wildman–Crippen MR) is 151 cm³/mol. The Morgan fingerprint density at radius 2 is 1.15 bits per heavy atom. The lowest BCUT2D eigenvalue weighted by atomic mass is 9.98. The maximum Gasteiger partial charge on any atom is 0.282 e. The molecule has 2 fully saturated rings. The lowest BCUT2D eigenvalue weighted by Gasteiger charge is -2.42. The highest BCUT2D eigenvalue weighted by Crippen LogP contribution is 2.39. The second kappa shape index (κ2) is 13.5. The van der Waals surface area contributed by atoms with Crippen LogP contribution in [0.15, 0.2) is 72.8 Å². The summed E-state index contributed by atoms with van der Waals surface area (Å²) in [4.78, 5) is 0. The topological polar surface area (TPSA) is 64.6 Å². The average Bonchev–Trinajstić information content (AvgIpc) is 3.30. The number of fused-ring (bicyclic) bond motifs is 1. The molecule has 3 aromatic carbocycles. The van der Waals surface area contributed by atoms with Gasteiger partial charge in [0.1, 0.15) is 24.4 Å². The summed E-state index contributed by atoms with van der Waals surface area (Å²) in [5.74, 6) is -1.29. The molecule has 7 nitrogen and oxygen atoms in total. The molecule has 214 valence electrons. The number of benzene rings is 3. The van der Waals surface area contributed by atoms with Crippen molar-refractivity contribution >= 4 is 34.8 Å². The van der Waals surface area contributed by atoms with Crippen LogP contribution in [-0.4, -0.2) is 50.4 Å². The van der Waals surface area contributed by atoms with Crippen LogP contribution in [0.5, 0.6) is 0 Å². The zero-order valence-electron chi connectivity index (χ0n) is 22.1. The first-order valence-corrected chi connectivity index (χ1v) is 14.1. The average molecular weight is 610 g/mol. The fourth-order valence-corrected chi connectivity index (χ4v) is 5.00. The summed E-state index contributed by atoms with van der Waals surface area (Å²) >= 11 is 18.2. The molecule has 0 radical (unpaired) electrons. The molecule has 0 saturated carbocycles. The summed E-state index contributed by atoms with van der Waals surface area (Å²) in [6.07, 6.45) is -3.02. The van der Waals surface area contributed by atoms with Crippen molar-refractivity contribution in [2.75, 3.05) is 13.7 Å². The molecule has 0 aromatic heterocycles. The number of ether oxygens (including phenoxy) is 7. The summed E-state index contributed by atoms with van der Waals surface area (Å²) in [6, 6.07) is 22.5. The molecule has 5 rings (SSSR count). The minimum absolute atomic E-state index is 0.227. The van der Waals surface area contributed by atoms with Gasteiger partial charge in [-0.2, -0.15) is 0 Å². The smallest absolute Gasteiger partial charge is 0.282 e. The molecular weight excluding hydrogens is 579 g/mol. The first kappa shape index (κ1) is 29.7. The summed E-state index contributed by atoms with van der Waals surface area (Å²) in [7, 11) is 1.52. The van der Waals surface area contributed by atoms with Crippen LogP contribution in [0.25, 0.3) is 0 Å². The van der Waals surface area contributed by atoms with Gasteiger partial charge in [-0.1, -0.05) is 71.2 Å². The Hall–Kier alpha value is -1.75. The van der Waals surface area contributed by atoms with Crippen LogP contribution in [-0.2, 0) is 53.0 Å². The van der Waals surface area contributed by atoms with Crippen molar-refractivity contribution in [2.24, 2.45) is 0 Å². The summed E-state index contributed by atoms with van der Waals surface area (Å²) < 4.78 is 43.1. The van der Waals surface area contributed by atoms with Crippen LogP contribution in [0.4, 0.5) is 0 Å². The molecule has 6 atom stereocenters. The van der Waals surface area contributed by atoms with Gasteiger partial charge in [-0.05, 0) is 53.1 Å². The Kier molecular flexibility index (Phi) is 10.0. The number of rotatable bonds is 11. The molecule has 2 aliphatic heterocycles. The highest BCUT2D eigenvalue weighted by Gasteiger charge is 2.57. The largest absolute Gasteiger partial charge is 0.374 e. The second-order valence-corrected chi connectivity index (χ2v) is 11.1. The fraction of sp³-hybridized carbons (Fsp3) is 0.400. The van der Waals surface area contributed by atoms with Gasteiger partial charge in [0, 0.05) is 29.1 Å². The highest BCUT2D eigenvalue weighted by atomic mass is 35.5. The van der Waals surface area contributed by atoms with Gasteiger partial charge < -0.3 is 28.4 Å². The van der Waals surface area contributed by atoms with E-state index in [-0.39, 0.29) is 6.61 Å². The molecule has 0 bridgehead atoms. The van der Waals surface area contributed by atoms with Gasteiger partial charge in [0.2, 0.25) is 0 Å². The van der Waals surface area contributed by atoms with E-state index in [9.17, 15) is 0 Å².